The van der Waals surface area contributed by atoms with Gasteiger partial charge in [-0.15, -0.1) is 11.8 Å². The third kappa shape index (κ3) is 3.71. The van der Waals surface area contributed by atoms with Crippen molar-refractivity contribution in [3.8, 4) is 0 Å². The molecule has 2 aromatic rings. The highest BCUT2D eigenvalue weighted by atomic mass is 79.9. The van der Waals surface area contributed by atoms with E-state index in [1.165, 1.54) is 0 Å². The van der Waals surface area contributed by atoms with E-state index >= 15 is 0 Å². The van der Waals surface area contributed by atoms with Crippen LogP contribution >= 0.6 is 27.7 Å². The zero-order valence-corrected chi connectivity index (χ0v) is 12.3. The maximum atomic E-state index is 11.4. The Bertz CT molecular complexity index is 598. The fourth-order valence-electron chi connectivity index (χ4n) is 1.52. The second-order valence-corrected chi connectivity index (χ2v) is 5.75. The zero-order valence-electron chi connectivity index (χ0n) is 9.94. The minimum absolute atomic E-state index is 0.0771. The van der Waals surface area contributed by atoms with Crippen molar-refractivity contribution in [2.45, 2.75) is 24.0 Å². The van der Waals surface area contributed by atoms with Crippen LogP contribution in [0.25, 0.3) is 0 Å². The van der Waals surface area contributed by atoms with Gasteiger partial charge in [0.25, 0.3) is 5.56 Å². The van der Waals surface area contributed by atoms with Crippen LogP contribution in [-0.2, 0) is 12.2 Å². The van der Waals surface area contributed by atoms with Crippen molar-refractivity contribution >= 4 is 27.7 Å². The van der Waals surface area contributed by atoms with E-state index in [2.05, 4.69) is 25.9 Å². The molecule has 0 spiro atoms. The summed E-state index contributed by atoms with van der Waals surface area (Å²) in [5, 5.41) is 0. The number of H-pyrrole nitrogens is 1. The molecule has 5 heteroatoms. The van der Waals surface area contributed by atoms with Crippen LogP contribution in [0.1, 0.15) is 18.4 Å². The summed E-state index contributed by atoms with van der Waals surface area (Å²) < 4.78 is 1.05. The molecule has 94 valence electrons. The summed E-state index contributed by atoms with van der Waals surface area (Å²) in [6, 6.07) is 9.61. The van der Waals surface area contributed by atoms with Crippen molar-refractivity contribution in [1.82, 2.24) is 9.97 Å². The van der Waals surface area contributed by atoms with Crippen molar-refractivity contribution < 1.29 is 0 Å². The van der Waals surface area contributed by atoms with E-state index in [-0.39, 0.29) is 5.56 Å². The Balaban J connectivity index is 2.10. The summed E-state index contributed by atoms with van der Waals surface area (Å²) >= 11 is 5.09. The van der Waals surface area contributed by atoms with Gasteiger partial charge in [-0.2, -0.15) is 0 Å². The number of rotatable bonds is 4. The topological polar surface area (TPSA) is 45.8 Å². The van der Waals surface area contributed by atoms with Gasteiger partial charge in [-0.25, -0.2) is 4.98 Å². The Morgan fingerprint density at radius 3 is 2.94 bits per heavy atom. The van der Waals surface area contributed by atoms with Crippen molar-refractivity contribution in [2.75, 3.05) is 0 Å². The van der Waals surface area contributed by atoms with Crippen molar-refractivity contribution in [1.29, 1.82) is 0 Å². The summed E-state index contributed by atoms with van der Waals surface area (Å²) in [7, 11) is 0. The molecule has 0 saturated heterocycles. The molecule has 1 aromatic carbocycles. The summed E-state index contributed by atoms with van der Waals surface area (Å²) in [5.41, 5.74) is 0.760. The van der Waals surface area contributed by atoms with Gasteiger partial charge in [-0.05, 0) is 24.6 Å². The summed E-state index contributed by atoms with van der Waals surface area (Å²) in [4.78, 5) is 19.7. The number of nitrogens with one attached hydrogen (secondary N) is 1. The molecule has 1 aromatic heterocycles. The maximum absolute atomic E-state index is 11.4. The van der Waals surface area contributed by atoms with E-state index in [1.807, 2.05) is 31.2 Å². The first-order valence-corrected chi connectivity index (χ1v) is 7.42. The Hall–Kier alpha value is -1.07. The number of aromatic nitrogens is 2. The number of benzene rings is 1. The number of hydrogen-bond acceptors (Lipinski definition) is 3. The molecule has 0 amide bonds. The number of hydrogen-bond donors (Lipinski definition) is 1. The SMILES string of the molecule is CCc1cc(=O)[nH]c(CSc2cccc(Br)c2)n1. The zero-order chi connectivity index (χ0) is 13.0. The van der Waals surface area contributed by atoms with E-state index in [1.54, 1.807) is 17.8 Å². The third-order valence-corrected chi connectivity index (χ3v) is 3.88. The molecule has 3 nitrogen and oxygen atoms in total. The molecule has 0 unspecified atom stereocenters. The second kappa shape index (κ2) is 6.20. The molecule has 0 aliphatic carbocycles. The molecule has 0 saturated carbocycles. The van der Waals surface area contributed by atoms with Gasteiger partial charge in [0.05, 0.1) is 5.75 Å². The Labute approximate surface area is 118 Å². The molecule has 2 rings (SSSR count). The van der Waals surface area contributed by atoms with Gasteiger partial charge >= 0.3 is 0 Å². The Kier molecular flexibility index (Phi) is 4.60. The maximum Gasteiger partial charge on any atom is 0.251 e. The quantitative estimate of drug-likeness (QED) is 0.877. The van der Waals surface area contributed by atoms with Crippen LogP contribution in [0.5, 0.6) is 0 Å². The lowest BCUT2D eigenvalue weighted by Crippen LogP contribution is -2.11. The first-order valence-electron chi connectivity index (χ1n) is 5.65. The van der Waals surface area contributed by atoms with Gasteiger partial charge in [0.2, 0.25) is 0 Å². The smallest absolute Gasteiger partial charge is 0.251 e. The molecule has 0 fully saturated rings. The second-order valence-electron chi connectivity index (χ2n) is 3.78. The number of aryl methyl sites for hydroxylation is 1. The fourth-order valence-corrected chi connectivity index (χ4v) is 2.90. The molecule has 1 heterocycles. The van der Waals surface area contributed by atoms with Crippen molar-refractivity contribution in [3.63, 3.8) is 0 Å². The number of nitrogens with zero attached hydrogens (tertiary/aromatic N) is 1. The van der Waals surface area contributed by atoms with Crippen LogP contribution in [0.15, 0.2) is 44.5 Å². The predicted molar refractivity (Wildman–Crippen MR) is 77.9 cm³/mol. The molecule has 0 aliphatic heterocycles. The monoisotopic (exact) mass is 324 g/mol. The summed E-state index contributed by atoms with van der Waals surface area (Å²) in [6.07, 6.45) is 0.776. The van der Waals surface area contributed by atoms with Crippen LogP contribution in [0.2, 0.25) is 0 Å². The van der Waals surface area contributed by atoms with Crippen LogP contribution in [0.3, 0.4) is 0 Å². The number of halogens is 1. The summed E-state index contributed by atoms with van der Waals surface area (Å²) in [6.45, 7) is 1.99. The van der Waals surface area contributed by atoms with Crippen LogP contribution in [0, 0.1) is 0 Å². The van der Waals surface area contributed by atoms with Crippen LogP contribution in [-0.4, -0.2) is 9.97 Å². The lowest BCUT2D eigenvalue weighted by molar-refractivity contribution is 0.920. The van der Waals surface area contributed by atoms with E-state index in [0.29, 0.717) is 5.75 Å². The highest BCUT2D eigenvalue weighted by molar-refractivity contribution is 9.10. The third-order valence-electron chi connectivity index (χ3n) is 2.38. The van der Waals surface area contributed by atoms with Crippen molar-refractivity contribution in [3.05, 3.63) is 56.7 Å². The number of aromatic amines is 1. The number of thioether (sulfide) groups is 1. The lowest BCUT2D eigenvalue weighted by atomic mass is 10.3. The van der Waals surface area contributed by atoms with E-state index in [4.69, 9.17) is 0 Å². The minimum atomic E-state index is -0.0771. The molecule has 0 bridgehead atoms. The molecular weight excluding hydrogens is 312 g/mol. The first kappa shape index (κ1) is 13.4. The lowest BCUT2D eigenvalue weighted by Gasteiger charge is -2.03. The predicted octanol–water partition coefficient (Wildman–Crippen LogP) is 3.39. The van der Waals surface area contributed by atoms with Gasteiger partial charge in [-0.3, -0.25) is 4.79 Å². The molecular formula is C13H13BrN2OS. The summed E-state index contributed by atoms with van der Waals surface area (Å²) in [5.74, 6) is 1.39. The van der Waals surface area contributed by atoms with Crippen LogP contribution in [0.4, 0.5) is 0 Å². The van der Waals surface area contributed by atoms with Gasteiger partial charge in [0.1, 0.15) is 5.82 Å². The highest BCUT2D eigenvalue weighted by Crippen LogP contribution is 2.24. The molecule has 0 atom stereocenters. The fraction of sp³-hybridized carbons (Fsp3) is 0.231. The first-order chi connectivity index (χ1) is 8.67. The molecule has 0 radical (unpaired) electrons. The molecule has 1 N–H and O–H groups in total. The highest BCUT2D eigenvalue weighted by Gasteiger charge is 2.02. The van der Waals surface area contributed by atoms with E-state index < -0.39 is 0 Å². The van der Waals surface area contributed by atoms with Gasteiger partial charge in [0.15, 0.2) is 0 Å². The standard InChI is InChI=1S/C13H13BrN2OS/c1-2-10-7-13(17)16-12(15-10)8-18-11-5-3-4-9(14)6-11/h3-7H,2,8H2,1H3,(H,15,16,17). The molecule has 18 heavy (non-hydrogen) atoms. The minimum Gasteiger partial charge on any atom is -0.310 e. The average Bonchev–Trinajstić information content (AvgIpc) is 2.36. The van der Waals surface area contributed by atoms with E-state index in [0.717, 1.165) is 27.3 Å². The average molecular weight is 325 g/mol. The van der Waals surface area contributed by atoms with Gasteiger partial charge < -0.3 is 4.98 Å². The van der Waals surface area contributed by atoms with Gasteiger partial charge in [-0.1, -0.05) is 28.9 Å². The van der Waals surface area contributed by atoms with Gasteiger partial charge in [0, 0.05) is 21.1 Å². The van der Waals surface area contributed by atoms with Crippen molar-refractivity contribution in [2.24, 2.45) is 0 Å². The Morgan fingerprint density at radius 2 is 2.22 bits per heavy atom. The van der Waals surface area contributed by atoms with Crippen LogP contribution < -0.4 is 5.56 Å². The largest absolute Gasteiger partial charge is 0.310 e. The molecule has 0 aliphatic rings. The normalized spacial score (nSPS) is 10.6. The Morgan fingerprint density at radius 1 is 1.39 bits per heavy atom. The van der Waals surface area contributed by atoms with E-state index in [9.17, 15) is 4.79 Å².